The summed E-state index contributed by atoms with van der Waals surface area (Å²) in [5.41, 5.74) is 9.59. The van der Waals surface area contributed by atoms with Crippen LogP contribution in [0, 0.1) is 0 Å². The molecule has 0 saturated heterocycles. The first kappa shape index (κ1) is 28.2. The van der Waals surface area contributed by atoms with Crippen LogP contribution in [0.2, 0.25) is 0 Å². The number of hydrogen-bond donors (Lipinski definition) is 0. The van der Waals surface area contributed by atoms with E-state index in [1.807, 2.05) is 0 Å². The second kappa shape index (κ2) is 11.4. The van der Waals surface area contributed by atoms with Crippen LogP contribution in [0.15, 0.2) is 176 Å². The van der Waals surface area contributed by atoms with Gasteiger partial charge >= 0.3 is 0 Å². The molecule has 0 fully saturated rings. The van der Waals surface area contributed by atoms with Gasteiger partial charge in [0.05, 0.1) is 22.1 Å². The summed E-state index contributed by atoms with van der Waals surface area (Å²) in [7, 11) is 0. The minimum Gasteiger partial charge on any atom is -0.278 e. The maximum atomic E-state index is 5.33. The zero-order valence-electron chi connectivity index (χ0n) is 27.0. The SMILES string of the molecule is c1ccc(-c2ccccc2-c2ccccc2-c2nc(-n3c4ccccc4c4ccccc43)nc(-n3c4ccccc4c4ccccc43)n2)cc1. The van der Waals surface area contributed by atoms with E-state index in [-0.39, 0.29) is 0 Å². The monoisotopic (exact) mass is 639 g/mol. The molecule has 0 aliphatic heterocycles. The molecular formula is C45H29N5. The van der Waals surface area contributed by atoms with Gasteiger partial charge in [-0.1, -0.05) is 152 Å². The topological polar surface area (TPSA) is 48.5 Å². The lowest BCUT2D eigenvalue weighted by Gasteiger charge is -2.16. The lowest BCUT2D eigenvalue weighted by molar-refractivity contribution is 0.893. The third-order valence-corrected chi connectivity index (χ3v) is 9.64. The Kier molecular flexibility index (Phi) is 6.42. The molecule has 0 atom stereocenters. The predicted molar refractivity (Wildman–Crippen MR) is 205 cm³/mol. The van der Waals surface area contributed by atoms with E-state index in [9.17, 15) is 0 Å². The maximum absolute atomic E-state index is 5.33. The third-order valence-electron chi connectivity index (χ3n) is 9.64. The van der Waals surface area contributed by atoms with E-state index >= 15 is 0 Å². The molecule has 0 saturated carbocycles. The number of aromatic nitrogens is 5. The molecule has 10 aromatic rings. The molecule has 0 amide bonds. The van der Waals surface area contributed by atoms with Crippen LogP contribution in [-0.4, -0.2) is 24.1 Å². The summed E-state index contributed by atoms with van der Waals surface area (Å²) in [6.45, 7) is 0. The lowest BCUT2D eigenvalue weighted by Crippen LogP contribution is -2.10. The number of benzene rings is 7. The highest BCUT2D eigenvalue weighted by atomic mass is 15.3. The molecule has 3 aromatic heterocycles. The number of fused-ring (bicyclic) bond motifs is 6. The first-order valence-electron chi connectivity index (χ1n) is 16.8. The predicted octanol–water partition coefficient (Wildman–Crippen LogP) is 11.1. The van der Waals surface area contributed by atoms with Crippen molar-refractivity contribution >= 4 is 43.6 Å². The Balaban J connectivity index is 1.30. The Morgan fingerprint density at radius 2 is 0.620 bits per heavy atom. The smallest absolute Gasteiger partial charge is 0.240 e. The molecule has 10 rings (SSSR count). The van der Waals surface area contributed by atoms with E-state index in [2.05, 4.69) is 185 Å². The Bertz CT molecular complexity index is 2640. The molecule has 0 unspecified atom stereocenters. The van der Waals surface area contributed by atoms with Gasteiger partial charge in [0.1, 0.15) is 0 Å². The van der Waals surface area contributed by atoms with Gasteiger partial charge in [-0.25, -0.2) is 0 Å². The van der Waals surface area contributed by atoms with Gasteiger partial charge in [-0.2, -0.15) is 15.0 Å². The van der Waals surface area contributed by atoms with E-state index in [1.54, 1.807) is 0 Å². The van der Waals surface area contributed by atoms with Crippen molar-refractivity contribution in [2.45, 2.75) is 0 Å². The van der Waals surface area contributed by atoms with Crippen molar-refractivity contribution in [3.63, 3.8) is 0 Å². The molecule has 0 spiro atoms. The van der Waals surface area contributed by atoms with Crippen molar-refractivity contribution in [1.82, 2.24) is 24.1 Å². The number of para-hydroxylation sites is 4. The summed E-state index contributed by atoms with van der Waals surface area (Å²) in [6.07, 6.45) is 0. The van der Waals surface area contributed by atoms with Crippen LogP contribution < -0.4 is 0 Å². The average Bonchev–Trinajstić information content (AvgIpc) is 3.71. The fourth-order valence-electron chi connectivity index (χ4n) is 7.45. The van der Waals surface area contributed by atoms with Gasteiger partial charge < -0.3 is 0 Å². The maximum Gasteiger partial charge on any atom is 0.240 e. The molecule has 0 bridgehead atoms. The van der Waals surface area contributed by atoms with Crippen LogP contribution in [-0.2, 0) is 0 Å². The fourth-order valence-corrected chi connectivity index (χ4v) is 7.45. The Morgan fingerprint density at radius 3 is 1.08 bits per heavy atom. The van der Waals surface area contributed by atoms with Crippen LogP contribution >= 0.6 is 0 Å². The minimum absolute atomic E-state index is 0.565. The first-order chi connectivity index (χ1) is 24.8. The second-order valence-electron chi connectivity index (χ2n) is 12.5. The Labute approximate surface area is 288 Å². The largest absolute Gasteiger partial charge is 0.278 e. The van der Waals surface area contributed by atoms with Crippen LogP contribution in [0.5, 0.6) is 0 Å². The van der Waals surface area contributed by atoms with Gasteiger partial charge in [-0.05, 0) is 46.5 Å². The number of nitrogens with zero attached hydrogens (tertiary/aromatic N) is 5. The van der Waals surface area contributed by atoms with Crippen molar-refractivity contribution in [3.8, 4) is 45.5 Å². The van der Waals surface area contributed by atoms with Gasteiger partial charge in [0.15, 0.2) is 5.82 Å². The molecule has 5 nitrogen and oxygen atoms in total. The number of rotatable bonds is 5. The Morgan fingerprint density at radius 1 is 0.280 bits per heavy atom. The normalized spacial score (nSPS) is 11.6. The molecule has 50 heavy (non-hydrogen) atoms. The molecule has 0 radical (unpaired) electrons. The van der Waals surface area contributed by atoms with E-state index in [4.69, 9.17) is 15.0 Å². The summed E-state index contributed by atoms with van der Waals surface area (Å²) in [5, 5.41) is 4.61. The van der Waals surface area contributed by atoms with E-state index in [1.165, 1.54) is 0 Å². The van der Waals surface area contributed by atoms with Crippen LogP contribution in [0.4, 0.5) is 0 Å². The van der Waals surface area contributed by atoms with Crippen molar-refractivity contribution in [2.75, 3.05) is 0 Å². The standard InChI is InChI=1S/C45H29N5/c1-2-16-30(17-3-1)31-18-4-5-19-32(31)33-20-6-7-25-38(33)43-46-44(49-39-26-12-8-21-34(39)35-22-9-13-27-40(35)49)48-45(47-43)50-41-28-14-10-23-36(41)37-24-11-15-29-42(37)50/h1-29H. The molecule has 234 valence electrons. The Hall–Kier alpha value is -6.85. The molecular weight excluding hydrogens is 611 g/mol. The lowest BCUT2D eigenvalue weighted by atomic mass is 9.91. The number of hydrogen-bond acceptors (Lipinski definition) is 3. The molecule has 5 heteroatoms. The van der Waals surface area contributed by atoms with Gasteiger partial charge in [-0.3, -0.25) is 9.13 Å². The van der Waals surface area contributed by atoms with Crippen molar-refractivity contribution in [3.05, 3.63) is 176 Å². The quantitative estimate of drug-likeness (QED) is 0.188. The highest BCUT2D eigenvalue weighted by molar-refractivity contribution is 6.10. The highest BCUT2D eigenvalue weighted by Gasteiger charge is 2.22. The fraction of sp³-hybridized carbons (Fsp3) is 0. The van der Waals surface area contributed by atoms with Crippen molar-refractivity contribution in [2.24, 2.45) is 0 Å². The zero-order valence-corrected chi connectivity index (χ0v) is 27.0. The zero-order chi connectivity index (χ0) is 33.0. The third kappa shape index (κ3) is 4.37. The van der Waals surface area contributed by atoms with Gasteiger partial charge in [0.25, 0.3) is 0 Å². The molecule has 0 aliphatic carbocycles. The summed E-state index contributed by atoms with van der Waals surface area (Å²) in [5.74, 6) is 1.73. The molecule has 7 aromatic carbocycles. The molecule has 3 heterocycles. The summed E-state index contributed by atoms with van der Waals surface area (Å²) >= 11 is 0. The average molecular weight is 640 g/mol. The second-order valence-corrected chi connectivity index (χ2v) is 12.5. The summed E-state index contributed by atoms with van der Waals surface area (Å²) in [4.78, 5) is 16.0. The van der Waals surface area contributed by atoms with Crippen LogP contribution in [0.25, 0.3) is 89.2 Å². The van der Waals surface area contributed by atoms with Crippen LogP contribution in [0.1, 0.15) is 0 Å². The summed E-state index contributed by atoms with van der Waals surface area (Å²) in [6, 6.07) is 61.4. The van der Waals surface area contributed by atoms with E-state index in [0.29, 0.717) is 17.7 Å². The van der Waals surface area contributed by atoms with Gasteiger partial charge in [0, 0.05) is 27.1 Å². The van der Waals surface area contributed by atoms with Crippen molar-refractivity contribution in [1.29, 1.82) is 0 Å². The first-order valence-corrected chi connectivity index (χ1v) is 16.8. The van der Waals surface area contributed by atoms with Crippen LogP contribution in [0.3, 0.4) is 0 Å². The molecule has 0 N–H and O–H groups in total. The highest BCUT2D eigenvalue weighted by Crippen LogP contribution is 2.39. The van der Waals surface area contributed by atoms with E-state index < -0.39 is 0 Å². The van der Waals surface area contributed by atoms with Gasteiger partial charge in [-0.15, -0.1) is 0 Å². The van der Waals surface area contributed by atoms with Gasteiger partial charge in [0.2, 0.25) is 11.9 Å². The minimum atomic E-state index is 0.565. The summed E-state index contributed by atoms with van der Waals surface area (Å²) < 4.78 is 4.35. The molecule has 0 aliphatic rings. The van der Waals surface area contributed by atoms with E-state index in [0.717, 1.165) is 71.4 Å². The van der Waals surface area contributed by atoms with Crippen molar-refractivity contribution < 1.29 is 0 Å².